The number of nitrogens with one attached hydrogen (secondary N) is 1. The van der Waals surface area contributed by atoms with Gasteiger partial charge >= 0.3 is 0 Å². The van der Waals surface area contributed by atoms with Crippen LogP contribution in [0, 0.1) is 5.41 Å². The van der Waals surface area contributed by atoms with Crippen LogP contribution in [0.5, 0.6) is 0 Å². The molecule has 0 bridgehead atoms. The van der Waals surface area contributed by atoms with Crippen LogP contribution in [-0.4, -0.2) is 12.6 Å². The van der Waals surface area contributed by atoms with E-state index in [9.17, 15) is 0 Å². The Balaban J connectivity index is 0. The van der Waals surface area contributed by atoms with Crippen molar-refractivity contribution in [3.63, 3.8) is 0 Å². The summed E-state index contributed by atoms with van der Waals surface area (Å²) >= 11 is 0. The minimum Gasteiger partial charge on any atom is -0.314 e. The maximum Gasteiger partial charge on any atom is 0.0170 e. The van der Waals surface area contributed by atoms with Crippen LogP contribution in [0.25, 0.3) is 0 Å². The van der Waals surface area contributed by atoms with Crippen LogP contribution >= 0.6 is 0 Å². The molecule has 0 saturated heterocycles. The lowest BCUT2D eigenvalue weighted by Crippen LogP contribution is -2.47. The van der Waals surface area contributed by atoms with Crippen LogP contribution in [0.2, 0.25) is 0 Å². The first-order chi connectivity index (χ1) is 4.81. The van der Waals surface area contributed by atoms with E-state index in [1.807, 2.05) is 20.9 Å². The molecule has 0 aromatic carbocycles. The Hall–Kier alpha value is -0.0400. The van der Waals surface area contributed by atoms with E-state index >= 15 is 0 Å². The van der Waals surface area contributed by atoms with Crippen LogP contribution in [0.4, 0.5) is 0 Å². The first-order valence-corrected chi connectivity index (χ1v) is 4.50. The molecule has 0 atom stereocenters. The van der Waals surface area contributed by atoms with Gasteiger partial charge in [0.25, 0.3) is 0 Å². The molecule has 0 aromatic rings. The summed E-state index contributed by atoms with van der Waals surface area (Å²) in [4.78, 5) is 0. The second kappa shape index (κ2) is 4.76. The molecule has 0 aromatic heterocycles. The maximum atomic E-state index is 3.28. The lowest BCUT2D eigenvalue weighted by molar-refractivity contribution is 0.189. The average molecular weight is 159 g/mol. The third-order valence-electron chi connectivity index (χ3n) is 2.50. The van der Waals surface area contributed by atoms with Crippen LogP contribution < -0.4 is 5.32 Å². The highest BCUT2D eigenvalue weighted by atomic mass is 14.9. The molecule has 70 valence electrons. The normalized spacial score (nSPS) is 12.0. The molecule has 1 N–H and O–H groups in total. The second-order valence-corrected chi connectivity index (χ2v) is 4.12. The number of hydrogen-bond acceptors (Lipinski definition) is 1. The molecule has 0 saturated carbocycles. The van der Waals surface area contributed by atoms with E-state index in [1.165, 1.54) is 0 Å². The Labute approximate surface area is 72.6 Å². The Kier molecular flexibility index (Phi) is 5.86. The van der Waals surface area contributed by atoms with Crippen molar-refractivity contribution in [2.24, 2.45) is 5.41 Å². The van der Waals surface area contributed by atoms with Crippen LogP contribution in [0.15, 0.2) is 0 Å². The van der Waals surface area contributed by atoms with Gasteiger partial charge in [0, 0.05) is 5.54 Å². The van der Waals surface area contributed by atoms with E-state index in [-0.39, 0.29) is 5.54 Å². The largest absolute Gasteiger partial charge is 0.314 e. The predicted octanol–water partition coefficient (Wildman–Crippen LogP) is 3.06. The molecule has 0 spiro atoms. The SMILES string of the molecule is CC.CNC(C)(C)C(C)(C)C. The lowest BCUT2D eigenvalue weighted by Gasteiger charge is -2.38. The summed E-state index contributed by atoms with van der Waals surface area (Å²) in [6.45, 7) is 15.1. The zero-order chi connectivity index (χ0) is 9.71. The van der Waals surface area contributed by atoms with Crippen LogP contribution in [-0.2, 0) is 0 Å². The molecule has 1 nitrogen and oxygen atoms in total. The fourth-order valence-electron chi connectivity index (χ4n) is 0.375. The van der Waals surface area contributed by atoms with Gasteiger partial charge in [-0.3, -0.25) is 0 Å². The van der Waals surface area contributed by atoms with E-state index in [1.54, 1.807) is 0 Å². The van der Waals surface area contributed by atoms with Crippen molar-refractivity contribution >= 4 is 0 Å². The molecule has 0 fully saturated rings. The summed E-state index contributed by atoms with van der Waals surface area (Å²) in [7, 11) is 2.01. The summed E-state index contributed by atoms with van der Waals surface area (Å²) in [5, 5.41) is 3.28. The minimum atomic E-state index is 0.229. The smallest absolute Gasteiger partial charge is 0.0170 e. The molecule has 0 aliphatic rings. The first kappa shape index (κ1) is 13.5. The Morgan fingerprint density at radius 3 is 1.09 bits per heavy atom. The van der Waals surface area contributed by atoms with Crippen LogP contribution in [0.1, 0.15) is 48.5 Å². The summed E-state index contributed by atoms with van der Waals surface area (Å²) < 4.78 is 0. The summed E-state index contributed by atoms with van der Waals surface area (Å²) in [5.41, 5.74) is 0.564. The molecule has 0 unspecified atom stereocenters. The van der Waals surface area contributed by atoms with Gasteiger partial charge in [0.15, 0.2) is 0 Å². The lowest BCUT2D eigenvalue weighted by atomic mass is 9.76. The van der Waals surface area contributed by atoms with E-state index in [0.717, 1.165) is 0 Å². The molecule has 0 heterocycles. The van der Waals surface area contributed by atoms with E-state index in [0.29, 0.717) is 5.41 Å². The molecular formula is C10H25N. The quantitative estimate of drug-likeness (QED) is 0.620. The second-order valence-electron chi connectivity index (χ2n) is 4.12. The molecule has 0 aliphatic heterocycles. The summed E-state index contributed by atoms with van der Waals surface area (Å²) in [6, 6.07) is 0. The predicted molar refractivity (Wildman–Crippen MR) is 53.9 cm³/mol. The third-order valence-corrected chi connectivity index (χ3v) is 2.50. The molecule has 1 heteroatoms. The molecular weight excluding hydrogens is 134 g/mol. The van der Waals surface area contributed by atoms with Crippen molar-refractivity contribution in [3.05, 3.63) is 0 Å². The standard InChI is InChI=1S/C8H19N.C2H6/c1-7(2,3)8(4,5)9-6;1-2/h9H,1-6H3;1-2H3. The van der Waals surface area contributed by atoms with Gasteiger partial charge in [0.05, 0.1) is 0 Å². The molecule has 0 aliphatic carbocycles. The number of rotatable bonds is 1. The van der Waals surface area contributed by atoms with Crippen molar-refractivity contribution in [3.8, 4) is 0 Å². The summed E-state index contributed by atoms with van der Waals surface area (Å²) in [5.74, 6) is 0. The van der Waals surface area contributed by atoms with Gasteiger partial charge in [-0.1, -0.05) is 34.6 Å². The molecule has 0 amide bonds. The minimum absolute atomic E-state index is 0.229. The molecule has 11 heavy (non-hydrogen) atoms. The van der Waals surface area contributed by atoms with Gasteiger partial charge in [0.1, 0.15) is 0 Å². The van der Waals surface area contributed by atoms with Crippen molar-refractivity contribution in [1.29, 1.82) is 0 Å². The van der Waals surface area contributed by atoms with Crippen molar-refractivity contribution in [2.45, 2.75) is 54.0 Å². The van der Waals surface area contributed by atoms with Gasteiger partial charge in [-0.25, -0.2) is 0 Å². The van der Waals surface area contributed by atoms with Gasteiger partial charge in [0.2, 0.25) is 0 Å². The summed E-state index contributed by atoms with van der Waals surface area (Å²) in [6.07, 6.45) is 0. The average Bonchev–Trinajstić information content (AvgIpc) is 1.90. The maximum absolute atomic E-state index is 3.28. The molecule has 0 rings (SSSR count). The van der Waals surface area contributed by atoms with Crippen molar-refractivity contribution in [2.75, 3.05) is 7.05 Å². The van der Waals surface area contributed by atoms with Crippen molar-refractivity contribution < 1.29 is 0 Å². The first-order valence-electron chi connectivity index (χ1n) is 4.50. The highest BCUT2D eigenvalue weighted by Gasteiger charge is 2.30. The van der Waals surface area contributed by atoms with Crippen molar-refractivity contribution in [1.82, 2.24) is 5.32 Å². The number of hydrogen-bond donors (Lipinski definition) is 1. The highest BCUT2D eigenvalue weighted by molar-refractivity contribution is 4.88. The van der Waals surface area contributed by atoms with E-state index < -0.39 is 0 Å². The van der Waals surface area contributed by atoms with E-state index in [2.05, 4.69) is 39.9 Å². The third kappa shape index (κ3) is 4.41. The fraction of sp³-hybridized carbons (Fsp3) is 1.00. The van der Waals surface area contributed by atoms with E-state index in [4.69, 9.17) is 0 Å². The monoisotopic (exact) mass is 159 g/mol. The van der Waals surface area contributed by atoms with Crippen LogP contribution in [0.3, 0.4) is 0 Å². The zero-order valence-electron chi connectivity index (χ0n) is 9.50. The van der Waals surface area contributed by atoms with Gasteiger partial charge in [-0.2, -0.15) is 0 Å². The Morgan fingerprint density at radius 1 is 0.818 bits per heavy atom. The zero-order valence-corrected chi connectivity index (χ0v) is 9.50. The fourth-order valence-corrected chi connectivity index (χ4v) is 0.375. The highest BCUT2D eigenvalue weighted by Crippen LogP contribution is 2.28. The van der Waals surface area contributed by atoms with Gasteiger partial charge < -0.3 is 5.32 Å². The van der Waals surface area contributed by atoms with Gasteiger partial charge in [-0.15, -0.1) is 0 Å². The Bertz CT molecular complexity index is 87.5. The van der Waals surface area contributed by atoms with Gasteiger partial charge in [-0.05, 0) is 26.3 Å². The molecule has 0 radical (unpaired) electrons. The topological polar surface area (TPSA) is 12.0 Å². The Morgan fingerprint density at radius 2 is 1.09 bits per heavy atom.